The molecular formula is C10H19N3O. The minimum Gasteiger partial charge on any atom is -0.341 e. The first kappa shape index (κ1) is 9.93. The highest BCUT2D eigenvalue weighted by Gasteiger charge is 2.27. The Hall–Kier alpha value is -0.610. The molecule has 80 valence electrons. The van der Waals surface area contributed by atoms with Crippen molar-refractivity contribution in [1.29, 1.82) is 0 Å². The van der Waals surface area contributed by atoms with E-state index in [9.17, 15) is 4.79 Å². The number of carbonyl (C=O) groups is 1. The molecule has 4 heteroatoms. The first-order valence-corrected chi connectivity index (χ1v) is 5.53. The Morgan fingerprint density at radius 1 is 1.21 bits per heavy atom. The molecule has 0 radical (unpaired) electrons. The lowest BCUT2D eigenvalue weighted by atomic mass is 10.0. The number of likely N-dealkylation sites (tertiary alicyclic amines) is 1. The van der Waals surface area contributed by atoms with Crippen LogP contribution >= 0.6 is 0 Å². The highest BCUT2D eigenvalue weighted by molar-refractivity contribution is 5.78. The van der Waals surface area contributed by atoms with E-state index in [0.717, 1.165) is 32.0 Å². The molecule has 0 spiro atoms. The standard InChI is InChI=1S/C10H19N3O/c11-7-10(14)13-5-3-9(4-6-13)12-8-1-2-8/h8-9,12H,1-7,11H2. The molecule has 2 fully saturated rings. The number of nitrogens with one attached hydrogen (secondary N) is 1. The molecule has 3 N–H and O–H groups in total. The maximum Gasteiger partial charge on any atom is 0.236 e. The molecule has 0 bridgehead atoms. The summed E-state index contributed by atoms with van der Waals surface area (Å²) in [6, 6.07) is 1.40. The van der Waals surface area contributed by atoms with Crippen molar-refractivity contribution in [3.63, 3.8) is 0 Å². The third-order valence-corrected chi connectivity index (χ3v) is 3.07. The summed E-state index contributed by atoms with van der Waals surface area (Å²) in [4.78, 5) is 13.2. The summed E-state index contributed by atoms with van der Waals surface area (Å²) in [5.41, 5.74) is 5.32. The minimum atomic E-state index is 0.0925. The molecule has 1 saturated carbocycles. The minimum absolute atomic E-state index is 0.0925. The second-order valence-electron chi connectivity index (χ2n) is 4.30. The van der Waals surface area contributed by atoms with Crippen LogP contribution in [-0.4, -0.2) is 42.5 Å². The molecule has 2 rings (SSSR count). The van der Waals surface area contributed by atoms with Crippen LogP contribution in [0.4, 0.5) is 0 Å². The van der Waals surface area contributed by atoms with E-state index in [0.29, 0.717) is 6.04 Å². The van der Waals surface area contributed by atoms with Gasteiger partial charge >= 0.3 is 0 Å². The lowest BCUT2D eigenvalue weighted by Crippen LogP contribution is -2.47. The first-order valence-electron chi connectivity index (χ1n) is 5.53. The van der Waals surface area contributed by atoms with E-state index in [1.807, 2.05) is 4.90 Å². The first-order chi connectivity index (χ1) is 6.79. The van der Waals surface area contributed by atoms with E-state index in [2.05, 4.69) is 5.32 Å². The Labute approximate surface area is 84.8 Å². The van der Waals surface area contributed by atoms with Crippen molar-refractivity contribution in [3.05, 3.63) is 0 Å². The fourth-order valence-corrected chi connectivity index (χ4v) is 2.01. The van der Waals surface area contributed by atoms with Gasteiger partial charge in [-0.3, -0.25) is 4.79 Å². The summed E-state index contributed by atoms with van der Waals surface area (Å²) in [6.45, 7) is 1.90. The maximum atomic E-state index is 11.3. The largest absolute Gasteiger partial charge is 0.341 e. The second kappa shape index (κ2) is 4.28. The lowest BCUT2D eigenvalue weighted by Gasteiger charge is -2.32. The molecule has 1 aliphatic heterocycles. The molecule has 1 amide bonds. The van der Waals surface area contributed by atoms with Gasteiger partial charge in [-0.2, -0.15) is 0 Å². The smallest absolute Gasteiger partial charge is 0.236 e. The lowest BCUT2D eigenvalue weighted by molar-refractivity contribution is -0.130. The van der Waals surface area contributed by atoms with Gasteiger partial charge in [0.2, 0.25) is 5.91 Å². The number of nitrogens with zero attached hydrogens (tertiary/aromatic N) is 1. The van der Waals surface area contributed by atoms with Crippen molar-refractivity contribution in [3.8, 4) is 0 Å². The number of rotatable bonds is 3. The normalized spacial score (nSPS) is 23.9. The molecule has 0 unspecified atom stereocenters. The van der Waals surface area contributed by atoms with Gasteiger partial charge < -0.3 is 16.0 Å². The molecule has 1 heterocycles. The summed E-state index contributed by atoms with van der Waals surface area (Å²) in [7, 11) is 0. The number of hydrogen-bond acceptors (Lipinski definition) is 3. The summed E-state index contributed by atoms with van der Waals surface area (Å²) in [6.07, 6.45) is 4.84. The van der Waals surface area contributed by atoms with Crippen LogP contribution in [0, 0.1) is 0 Å². The van der Waals surface area contributed by atoms with E-state index in [1.165, 1.54) is 12.8 Å². The average molecular weight is 197 g/mol. The van der Waals surface area contributed by atoms with E-state index >= 15 is 0 Å². The average Bonchev–Trinajstić information content (AvgIpc) is 3.02. The molecule has 0 aromatic rings. The number of hydrogen-bond donors (Lipinski definition) is 2. The Morgan fingerprint density at radius 2 is 1.79 bits per heavy atom. The van der Waals surface area contributed by atoms with Crippen molar-refractivity contribution in [2.75, 3.05) is 19.6 Å². The van der Waals surface area contributed by atoms with E-state index in [1.54, 1.807) is 0 Å². The highest BCUT2D eigenvalue weighted by Crippen LogP contribution is 2.22. The van der Waals surface area contributed by atoms with Crippen molar-refractivity contribution >= 4 is 5.91 Å². The number of piperidine rings is 1. The number of nitrogens with two attached hydrogens (primary N) is 1. The van der Waals surface area contributed by atoms with Gasteiger partial charge in [-0.05, 0) is 25.7 Å². The van der Waals surface area contributed by atoms with Gasteiger partial charge in [0.15, 0.2) is 0 Å². The molecule has 0 atom stereocenters. The van der Waals surface area contributed by atoms with E-state index < -0.39 is 0 Å². The third kappa shape index (κ3) is 2.45. The van der Waals surface area contributed by atoms with E-state index in [-0.39, 0.29) is 12.5 Å². The molecule has 1 aliphatic carbocycles. The molecule has 2 aliphatic rings. The van der Waals surface area contributed by atoms with Crippen LogP contribution in [-0.2, 0) is 4.79 Å². The Morgan fingerprint density at radius 3 is 2.29 bits per heavy atom. The predicted molar refractivity (Wildman–Crippen MR) is 54.8 cm³/mol. The third-order valence-electron chi connectivity index (χ3n) is 3.07. The SMILES string of the molecule is NCC(=O)N1CCC(NC2CC2)CC1. The van der Waals surface area contributed by atoms with Crippen LogP contribution in [0.1, 0.15) is 25.7 Å². The Bertz CT molecular complexity index is 207. The van der Waals surface area contributed by atoms with Crippen LogP contribution in [0.15, 0.2) is 0 Å². The van der Waals surface area contributed by atoms with Crippen molar-refractivity contribution in [2.24, 2.45) is 5.73 Å². The maximum absolute atomic E-state index is 11.3. The topological polar surface area (TPSA) is 58.4 Å². The fourth-order valence-electron chi connectivity index (χ4n) is 2.01. The highest BCUT2D eigenvalue weighted by atomic mass is 16.2. The zero-order valence-corrected chi connectivity index (χ0v) is 8.54. The summed E-state index contributed by atoms with van der Waals surface area (Å²) < 4.78 is 0. The van der Waals surface area contributed by atoms with Gasteiger partial charge in [-0.1, -0.05) is 0 Å². The zero-order valence-electron chi connectivity index (χ0n) is 8.54. The van der Waals surface area contributed by atoms with Gasteiger partial charge in [0.1, 0.15) is 0 Å². The van der Waals surface area contributed by atoms with Crippen LogP contribution in [0.2, 0.25) is 0 Å². The van der Waals surface area contributed by atoms with Crippen LogP contribution in [0.25, 0.3) is 0 Å². The van der Waals surface area contributed by atoms with Gasteiger partial charge in [-0.25, -0.2) is 0 Å². The summed E-state index contributed by atoms with van der Waals surface area (Å²) >= 11 is 0. The molecule has 4 nitrogen and oxygen atoms in total. The predicted octanol–water partition coefficient (Wildman–Crippen LogP) is -0.312. The molecule has 1 saturated heterocycles. The Balaban J connectivity index is 1.71. The molecule has 14 heavy (non-hydrogen) atoms. The monoisotopic (exact) mass is 197 g/mol. The number of carbonyl (C=O) groups excluding carboxylic acids is 1. The Kier molecular flexibility index (Phi) is 3.03. The van der Waals surface area contributed by atoms with Crippen LogP contribution in [0.5, 0.6) is 0 Å². The zero-order chi connectivity index (χ0) is 9.97. The van der Waals surface area contributed by atoms with Crippen LogP contribution in [0.3, 0.4) is 0 Å². The van der Waals surface area contributed by atoms with Gasteiger partial charge in [0.25, 0.3) is 0 Å². The number of amides is 1. The molecule has 0 aromatic carbocycles. The molecular weight excluding hydrogens is 178 g/mol. The molecule has 0 aromatic heterocycles. The summed E-state index contributed by atoms with van der Waals surface area (Å²) in [5.74, 6) is 0.0925. The quantitative estimate of drug-likeness (QED) is 0.652. The summed E-state index contributed by atoms with van der Waals surface area (Å²) in [5, 5.41) is 3.60. The van der Waals surface area contributed by atoms with Crippen molar-refractivity contribution in [1.82, 2.24) is 10.2 Å². The van der Waals surface area contributed by atoms with Gasteiger partial charge in [0.05, 0.1) is 6.54 Å². The fraction of sp³-hybridized carbons (Fsp3) is 0.900. The van der Waals surface area contributed by atoms with E-state index in [4.69, 9.17) is 5.73 Å². The van der Waals surface area contributed by atoms with Gasteiger partial charge in [-0.15, -0.1) is 0 Å². The van der Waals surface area contributed by atoms with Gasteiger partial charge in [0, 0.05) is 25.2 Å². The van der Waals surface area contributed by atoms with Crippen LogP contribution < -0.4 is 11.1 Å². The second-order valence-corrected chi connectivity index (χ2v) is 4.30. The van der Waals surface area contributed by atoms with Crippen molar-refractivity contribution in [2.45, 2.75) is 37.8 Å². The van der Waals surface area contributed by atoms with Crippen molar-refractivity contribution < 1.29 is 4.79 Å².